The first-order chi connectivity index (χ1) is 10.2. The van der Waals surface area contributed by atoms with Crippen molar-refractivity contribution in [2.75, 3.05) is 5.32 Å². The van der Waals surface area contributed by atoms with Crippen LogP contribution in [0.2, 0.25) is 0 Å². The van der Waals surface area contributed by atoms with Gasteiger partial charge in [-0.05, 0) is 55.1 Å². The Balaban J connectivity index is 1.68. The zero-order valence-corrected chi connectivity index (χ0v) is 13.2. The number of carbonyl (C=O) groups is 1. The van der Waals surface area contributed by atoms with E-state index in [0.717, 1.165) is 29.9 Å². The van der Waals surface area contributed by atoms with E-state index in [0.29, 0.717) is 5.92 Å². The van der Waals surface area contributed by atoms with E-state index in [1.807, 2.05) is 30.3 Å². The molecular formula is C19H27NO. The number of carbonyl (C=O) groups excluding carboxylic acids is 1. The Hall–Kier alpha value is -1.31. The van der Waals surface area contributed by atoms with Gasteiger partial charge >= 0.3 is 0 Å². The zero-order chi connectivity index (χ0) is 14.8. The molecule has 0 heterocycles. The summed E-state index contributed by atoms with van der Waals surface area (Å²) in [6.07, 6.45) is 6.20. The average Bonchev–Trinajstić information content (AvgIpc) is 3.08. The number of para-hydroxylation sites is 1. The summed E-state index contributed by atoms with van der Waals surface area (Å²) in [5.41, 5.74) is 0.931. The monoisotopic (exact) mass is 285 g/mol. The summed E-state index contributed by atoms with van der Waals surface area (Å²) in [6.45, 7) is 4.77. The fourth-order valence-corrected chi connectivity index (χ4v) is 4.59. The van der Waals surface area contributed by atoms with Gasteiger partial charge in [-0.25, -0.2) is 0 Å². The number of rotatable bonds is 3. The number of hydrogen-bond acceptors (Lipinski definition) is 1. The van der Waals surface area contributed by atoms with Crippen molar-refractivity contribution in [2.45, 2.75) is 46.0 Å². The Morgan fingerprint density at radius 3 is 2.43 bits per heavy atom. The molecule has 2 aliphatic rings. The van der Waals surface area contributed by atoms with E-state index in [1.54, 1.807) is 0 Å². The highest BCUT2D eigenvalue weighted by Crippen LogP contribution is 2.48. The Labute approximate surface area is 128 Å². The van der Waals surface area contributed by atoms with Crippen LogP contribution in [0.4, 0.5) is 5.69 Å². The van der Waals surface area contributed by atoms with Gasteiger partial charge in [-0.1, -0.05) is 44.9 Å². The predicted octanol–water partition coefficient (Wildman–Crippen LogP) is 4.72. The molecule has 2 saturated carbocycles. The second-order valence-electron chi connectivity index (χ2n) is 7.13. The molecule has 2 aliphatic carbocycles. The minimum atomic E-state index is 0.225. The maximum absolute atomic E-state index is 12.7. The van der Waals surface area contributed by atoms with Crippen molar-refractivity contribution in [3.05, 3.63) is 30.3 Å². The Bertz CT molecular complexity index is 484. The fraction of sp³-hybridized carbons (Fsp3) is 0.632. The molecule has 1 amide bonds. The molecular weight excluding hydrogens is 258 g/mol. The molecule has 2 fully saturated rings. The minimum absolute atomic E-state index is 0.225. The normalized spacial score (nSPS) is 35.8. The van der Waals surface area contributed by atoms with Crippen molar-refractivity contribution in [3.8, 4) is 0 Å². The molecule has 5 atom stereocenters. The van der Waals surface area contributed by atoms with E-state index in [1.165, 1.54) is 25.7 Å². The van der Waals surface area contributed by atoms with Gasteiger partial charge in [-0.2, -0.15) is 0 Å². The Kier molecular flexibility index (Phi) is 4.32. The molecule has 0 radical (unpaired) electrons. The molecule has 1 aromatic rings. The summed E-state index contributed by atoms with van der Waals surface area (Å²) >= 11 is 0. The van der Waals surface area contributed by atoms with E-state index in [-0.39, 0.29) is 11.8 Å². The van der Waals surface area contributed by atoms with Gasteiger partial charge < -0.3 is 5.32 Å². The minimum Gasteiger partial charge on any atom is -0.326 e. The third-order valence-corrected chi connectivity index (χ3v) is 6.03. The molecule has 2 nitrogen and oxygen atoms in total. The van der Waals surface area contributed by atoms with Crippen LogP contribution >= 0.6 is 0 Å². The number of hydrogen-bond donors (Lipinski definition) is 1. The van der Waals surface area contributed by atoms with Crippen molar-refractivity contribution in [1.82, 2.24) is 0 Å². The van der Waals surface area contributed by atoms with Gasteiger partial charge in [0.2, 0.25) is 5.91 Å². The first-order valence-corrected chi connectivity index (χ1v) is 8.52. The van der Waals surface area contributed by atoms with Crippen LogP contribution in [0.5, 0.6) is 0 Å². The van der Waals surface area contributed by atoms with Crippen molar-refractivity contribution in [2.24, 2.45) is 29.6 Å². The lowest BCUT2D eigenvalue weighted by atomic mass is 9.77. The van der Waals surface area contributed by atoms with Crippen LogP contribution in [0.1, 0.15) is 46.0 Å². The summed E-state index contributed by atoms with van der Waals surface area (Å²) in [5.74, 6) is 3.44. The molecule has 2 heteroatoms. The SMILES string of the molecule is C[C@H]1[C@@H]([C@H]2CCC[C@@H]2C(=O)Nc2ccccc2)CC[C@H]1C. The standard InChI is InChI=1S/C19H27NO/c1-13-11-12-16(14(13)2)17-9-6-10-18(17)19(21)20-15-7-4-3-5-8-15/h3-5,7-8,13-14,16-18H,6,9-12H2,1-2H3,(H,20,21)/t13-,14-,16+,17-,18+/m1/s1. The van der Waals surface area contributed by atoms with E-state index < -0.39 is 0 Å². The quantitative estimate of drug-likeness (QED) is 0.855. The van der Waals surface area contributed by atoms with E-state index in [9.17, 15) is 4.79 Å². The number of anilines is 1. The highest BCUT2D eigenvalue weighted by Gasteiger charge is 2.43. The van der Waals surface area contributed by atoms with Gasteiger partial charge in [0.1, 0.15) is 0 Å². The largest absolute Gasteiger partial charge is 0.326 e. The average molecular weight is 285 g/mol. The van der Waals surface area contributed by atoms with Crippen molar-refractivity contribution >= 4 is 11.6 Å². The highest BCUT2D eigenvalue weighted by atomic mass is 16.1. The first kappa shape index (κ1) is 14.6. The smallest absolute Gasteiger partial charge is 0.227 e. The molecule has 0 unspecified atom stereocenters. The third-order valence-electron chi connectivity index (χ3n) is 6.03. The molecule has 0 aliphatic heterocycles. The molecule has 3 rings (SSSR count). The summed E-state index contributed by atoms with van der Waals surface area (Å²) in [5, 5.41) is 3.12. The zero-order valence-electron chi connectivity index (χ0n) is 13.2. The molecule has 1 N–H and O–H groups in total. The number of amides is 1. The molecule has 0 saturated heterocycles. The number of nitrogens with one attached hydrogen (secondary N) is 1. The first-order valence-electron chi connectivity index (χ1n) is 8.52. The van der Waals surface area contributed by atoms with Crippen molar-refractivity contribution in [3.63, 3.8) is 0 Å². The van der Waals surface area contributed by atoms with E-state index in [2.05, 4.69) is 19.2 Å². The maximum Gasteiger partial charge on any atom is 0.227 e. The predicted molar refractivity (Wildman–Crippen MR) is 87.0 cm³/mol. The van der Waals surface area contributed by atoms with Crippen LogP contribution in [0.3, 0.4) is 0 Å². The van der Waals surface area contributed by atoms with Crippen LogP contribution in [0.25, 0.3) is 0 Å². The van der Waals surface area contributed by atoms with Gasteiger partial charge in [0.05, 0.1) is 0 Å². The molecule has 114 valence electrons. The van der Waals surface area contributed by atoms with Crippen LogP contribution in [-0.4, -0.2) is 5.91 Å². The second kappa shape index (κ2) is 6.21. The maximum atomic E-state index is 12.7. The van der Waals surface area contributed by atoms with Gasteiger partial charge in [-0.15, -0.1) is 0 Å². The van der Waals surface area contributed by atoms with E-state index in [4.69, 9.17) is 0 Å². The van der Waals surface area contributed by atoms with E-state index >= 15 is 0 Å². The summed E-state index contributed by atoms with van der Waals surface area (Å²) in [6, 6.07) is 9.88. The third kappa shape index (κ3) is 3.00. The second-order valence-corrected chi connectivity index (χ2v) is 7.13. The lowest BCUT2D eigenvalue weighted by molar-refractivity contribution is -0.121. The molecule has 21 heavy (non-hydrogen) atoms. The van der Waals surface area contributed by atoms with Crippen molar-refractivity contribution in [1.29, 1.82) is 0 Å². The molecule has 0 bridgehead atoms. The topological polar surface area (TPSA) is 29.1 Å². The van der Waals surface area contributed by atoms with Crippen LogP contribution < -0.4 is 5.32 Å². The van der Waals surface area contributed by atoms with Crippen LogP contribution in [0.15, 0.2) is 30.3 Å². The van der Waals surface area contributed by atoms with Crippen LogP contribution in [0, 0.1) is 29.6 Å². The van der Waals surface area contributed by atoms with Gasteiger partial charge in [0, 0.05) is 11.6 Å². The summed E-state index contributed by atoms with van der Waals surface area (Å²) in [7, 11) is 0. The van der Waals surface area contributed by atoms with Crippen LogP contribution in [-0.2, 0) is 4.79 Å². The van der Waals surface area contributed by atoms with Gasteiger partial charge in [0.25, 0.3) is 0 Å². The lowest BCUT2D eigenvalue weighted by Gasteiger charge is -2.29. The molecule has 0 aromatic heterocycles. The van der Waals surface area contributed by atoms with Gasteiger partial charge in [-0.3, -0.25) is 4.79 Å². The van der Waals surface area contributed by atoms with Gasteiger partial charge in [0.15, 0.2) is 0 Å². The number of benzene rings is 1. The summed E-state index contributed by atoms with van der Waals surface area (Å²) in [4.78, 5) is 12.7. The fourth-order valence-electron chi connectivity index (χ4n) is 4.59. The highest BCUT2D eigenvalue weighted by molar-refractivity contribution is 5.92. The molecule has 0 spiro atoms. The van der Waals surface area contributed by atoms with Crippen molar-refractivity contribution < 1.29 is 4.79 Å². The Morgan fingerprint density at radius 1 is 1.00 bits per heavy atom. The molecule has 1 aromatic carbocycles. The lowest BCUT2D eigenvalue weighted by Crippen LogP contribution is -2.31. The Morgan fingerprint density at radius 2 is 1.76 bits per heavy atom. The summed E-state index contributed by atoms with van der Waals surface area (Å²) < 4.78 is 0.